The first kappa shape index (κ1) is 15.0. The molecule has 3 aliphatic rings. The maximum atomic E-state index is 12.7. The molecule has 2 bridgehead atoms. The predicted molar refractivity (Wildman–Crippen MR) is 97.6 cm³/mol. The first-order valence-corrected chi connectivity index (χ1v) is 8.62. The van der Waals surface area contributed by atoms with Crippen LogP contribution in [0, 0.1) is 11.8 Å². The van der Waals surface area contributed by atoms with Crippen molar-refractivity contribution in [3.05, 3.63) is 53.7 Å². The number of amides is 1. The van der Waals surface area contributed by atoms with Crippen molar-refractivity contribution in [2.45, 2.75) is 12.8 Å². The molecule has 3 aliphatic carbocycles. The highest BCUT2D eigenvalue weighted by atomic mass is 16.1. The van der Waals surface area contributed by atoms with Crippen molar-refractivity contribution in [1.82, 2.24) is 15.0 Å². The van der Waals surface area contributed by atoms with E-state index in [-0.39, 0.29) is 11.7 Å². The molecular weight excluding hydrogens is 328 g/mol. The van der Waals surface area contributed by atoms with Crippen molar-refractivity contribution < 1.29 is 9.59 Å². The second-order valence-electron chi connectivity index (χ2n) is 6.87. The minimum Gasteiger partial charge on any atom is -0.337 e. The molecule has 26 heavy (non-hydrogen) atoms. The quantitative estimate of drug-likeness (QED) is 0.422. The lowest BCUT2D eigenvalue weighted by Crippen LogP contribution is -2.11. The Hall–Kier alpha value is -3.28. The molecule has 1 fully saturated rings. The molecule has 0 radical (unpaired) electrons. The van der Waals surface area contributed by atoms with Crippen molar-refractivity contribution >= 4 is 29.0 Å². The number of rotatable bonds is 5. The molecule has 128 valence electrons. The molecule has 2 heterocycles. The average Bonchev–Trinajstić information content (AvgIpc) is 3.34. The minimum atomic E-state index is 0.0897. The van der Waals surface area contributed by atoms with E-state index >= 15 is 0 Å². The number of carbonyl (C=O) groups is 2. The Morgan fingerprint density at radius 2 is 2.08 bits per heavy atom. The molecule has 0 saturated heterocycles. The molecular formula is C20H16N4O2. The summed E-state index contributed by atoms with van der Waals surface area (Å²) >= 11 is 0. The molecule has 2 aromatic heterocycles. The fourth-order valence-electron chi connectivity index (χ4n) is 3.89. The van der Waals surface area contributed by atoms with Crippen LogP contribution in [0.3, 0.4) is 0 Å². The summed E-state index contributed by atoms with van der Waals surface area (Å²) in [7, 11) is 0. The smallest absolute Gasteiger partial charge is 0.212 e. The number of aromatic nitrogens is 3. The highest BCUT2D eigenvalue weighted by Crippen LogP contribution is 2.47. The van der Waals surface area contributed by atoms with Gasteiger partial charge in [0.25, 0.3) is 0 Å². The summed E-state index contributed by atoms with van der Waals surface area (Å²) in [4.78, 5) is 35.1. The molecule has 2 atom stereocenters. The van der Waals surface area contributed by atoms with E-state index in [1.165, 1.54) is 5.57 Å². The molecule has 6 heteroatoms. The van der Waals surface area contributed by atoms with Gasteiger partial charge in [0.1, 0.15) is 11.6 Å². The third kappa shape index (κ3) is 2.34. The Kier molecular flexibility index (Phi) is 3.25. The molecule has 6 nitrogen and oxygen atoms in total. The zero-order chi connectivity index (χ0) is 17.7. The van der Waals surface area contributed by atoms with E-state index in [2.05, 4.69) is 26.3 Å². The molecule has 1 amide bonds. The van der Waals surface area contributed by atoms with E-state index in [1.807, 2.05) is 24.3 Å². The van der Waals surface area contributed by atoms with Crippen LogP contribution < -0.4 is 5.32 Å². The van der Waals surface area contributed by atoms with Crippen LogP contribution in [0.4, 0.5) is 5.82 Å². The zero-order valence-corrected chi connectivity index (χ0v) is 13.9. The van der Waals surface area contributed by atoms with Crippen LogP contribution in [0.25, 0.3) is 22.4 Å². The fourth-order valence-corrected chi connectivity index (χ4v) is 3.89. The van der Waals surface area contributed by atoms with Gasteiger partial charge in [0.05, 0.1) is 17.2 Å². The van der Waals surface area contributed by atoms with Crippen molar-refractivity contribution in [3.8, 4) is 11.4 Å². The van der Waals surface area contributed by atoms with Crippen LogP contribution in [0.1, 0.15) is 23.2 Å². The van der Waals surface area contributed by atoms with Gasteiger partial charge in [0.2, 0.25) is 6.41 Å². The molecule has 0 aliphatic heterocycles. The van der Waals surface area contributed by atoms with Gasteiger partial charge in [-0.25, -0.2) is 9.97 Å². The van der Waals surface area contributed by atoms with Gasteiger partial charge in [-0.15, -0.1) is 0 Å². The second kappa shape index (κ2) is 5.62. The summed E-state index contributed by atoms with van der Waals surface area (Å²) in [5, 5.41) is 2.51. The Bertz CT molecular complexity index is 1070. The summed E-state index contributed by atoms with van der Waals surface area (Å²) in [5.74, 6) is 2.10. The van der Waals surface area contributed by atoms with E-state index in [4.69, 9.17) is 0 Å². The highest BCUT2D eigenvalue weighted by molar-refractivity contribution is 6.00. The monoisotopic (exact) mass is 344 g/mol. The maximum absolute atomic E-state index is 12.7. The van der Waals surface area contributed by atoms with Gasteiger partial charge < -0.3 is 10.3 Å². The SMILES string of the molecule is O=CNc1cc2nc(-c3ccc(C(=O)C4CC5C=C4C5)cc3)[nH]c2cn1. The van der Waals surface area contributed by atoms with Gasteiger partial charge in [0, 0.05) is 23.1 Å². The van der Waals surface area contributed by atoms with Crippen LogP contribution in [-0.4, -0.2) is 27.1 Å². The Morgan fingerprint density at radius 1 is 1.27 bits per heavy atom. The number of benzene rings is 1. The number of H-pyrrole nitrogens is 1. The van der Waals surface area contributed by atoms with Crippen molar-refractivity contribution in [2.75, 3.05) is 5.32 Å². The molecule has 6 rings (SSSR count). The molecule has 1 aromatic carbocycles. The summed E-state index contributed by atoms with van der Waals surface area (Å²) in [6.45, 7) is 0. The van der Waals surface area contributed by atoms with Crippen LogP contribution in [0.2, 0.25) is 0 Å². The Morgan fingerprint density at radius 3 is 2.77 bits per heavy atom. The number of ketones is 1. The lowest BCUT2D eigenvalue weighted by Gasteiger charge is -2.12. The van der Waals surface area contributed by atoms with Crippen molar-refractivity contribution in [2.24, 2.45) is 11.8 Å². The van der Waals surface area contributed by atoms with E-state index in [1.54, 1.807) is 12.3 Å². The minimum absolute atomic E-state index is 0.0897. The lowest BCUT2D eigenvalue weighted by atomic mass is 9.92. The van der Waals surface area contributed by atoms with Crippen LogP contribution in [0.15, 0.2) is 48.2 Å². The van der Waals surface area contributed by atoms with Gasteiger partial charge in [-0.1, -0.05) is 35.9 Å². The molecule has 2 unspecified atom stereocenters. The lowest BCUT2D eigenvalue weighted by molar-refractivity contribution is -0.105. The van der Waals surface area contributed by atoms with Gasteiger partial charge in [-0.05, 0) is 18.8 Å². The fraction of sp³-hybridized carbons (Fsp3) is 0.200. The van der Waals surface area contributed by atoms with Gasteiger partial charge >= 0.3 is 0 Å². The second-order valence-corrected chi connectivity index (χ2v) is 6.87. The number of anilines is 1. The molecule has 0 spiro atoms. The van der Waals surface area contributed by atoms with Gasteiger partial charge in [-0.3, -0.25) is 9.59 Å². The van der Waals surface area contributed by atoms with Crippen molar-refractivity contribution in [1.29, 1.82) is 0 Å². The molecule has 2 N–H and O–H groups in total. The number of nitrogens with zero attached hydrogens (tertiary/aromatic N) is 2. The molecule has 1 saturated carbocycles. The number of carbonyl (C=O) groups excluding carboxylic acids is 2. The van der Waals surface area contributed by atoms with E-state index in [0.717, 1.165) is 35.0 Å². The predicted octanol–water partition coefficient (Wildman–Crippen LogP) is 3.34. The van der Waals surface area contributed by atoms with E-state index in [0.29, 0.717) is 24.0 Å². The average molecular weight is 344 g/mol. The zero-order valence-electron chi connectivity index (χ0n) is 13.9. The number of Topliss-reactive ketones (excluding diaryl/α,β-unsaturated/α-hetero) is 1. The Balaban J connectivity index is 1.41. The van der Waals surface area contributed by atoms with Crippen LogP contribution in [0.5, 0.6) is 0 Å². The number of hydrogen-bond acceptors (Lipinski definition) is 4. The first-order chi connectivity index (χ1) is 12.7. The third-order valence-electron chi connectivity index (χ3n) is 5.27. The summed E-state index contributed by atoms with van der Waals surface area (Å²) in [6.07, 6.45) is 6.54. The number of hydrogen-bond donors (Lipinski definition) is 2. The summed E-state index contributed by atoms with van der Waals surface area (Å²) in [6, 6.07) is 9.28. The third-order valence-corrected chi connectivity index (χ3v) is 5.27. The van der Waals surface area contributed by atoms with Crippen LogP contribution >= 0.6 is 0 Å². The number of allylic oxidation sites excluding steroid dienone is 2. The topological polar surface area (TPSA) is 87.7 Å². The normalized spacial score (nSPS) is 20.5. The van der Waals surface area contributed by atoms with Crippen LogP contribution in [-0.2, 0) is 4.79 Å². The number of nitrogens with one attached hydrogen (secondary N) is 2. The van der Waals surface area contributed by atoms with Gasteiger partial charge in [-0.2, -0.15) is 0 Å². The van der Waals surface area contributed by atoms with E-state index in [9.17, 15) is 9.59 Å². The number of fused-ring (bicyclic) bond motifs is 2. The van der Waals surface area contributed by atoms with Crippen molar-refractivity contribution in [3.63, 3.8) is 0 Å². The standard InChI is InChI=1S/C20H16N4O2/c25-10-22-18-8-16-17(9-21-18)24-20(23-16)13-3-1-12(2-4-13)19(26)15-7-11-5-14(15)6-11/h1-5,8-11,15H,6-7H2,(H,23,24)(H,21,22,25). The van der Waals surface area contributed by atoms with E-state index < -0.39 is 0 Å². The first-order valence-electron chi connectivity index (χ1n) is 8.62. The number of imidazole rings is 1. The highest BCUT2D eigenvalue weighted by Gasteiger charge is 2.40. The maximum Gasteiger partial charge on any atom is 0.212 e. The largest absolute Gasteiger partial charge is 0.337 e. The number of aromatic amines is 1. The number of pyridine rings is 1. The summed E-state index contributed by atoms with van der Waals surface area (Å²) in [5.41, 5.74) is 4.47. The molecule has 3 aromatic rings. The Labute approximate surface area is 149 Å². The summed E-state index contributed by atoms with van der Waals surface area (Å²) < 4.78 is 0. The van der Waals surface area contributed by atoms with Gasteiger partial charge in [0.15, 0.2) is 5.78 Å².